The topological polar surface area (TPSA) is 69.7 Å². The second-order valence-corrected chi connectivity index (χ2v) is 8.34. The lowest BCUT2D eigenvalue weighted by molar-refractivity contribution is -0.121. The third-order valence-corrected chi connectivity index (χ3v) is 5.86. The molecule has 0 radical (unpaired) electrons. The Labute approximate surface area is 186 Å². The van der Waals surface area contributed by atoms with Gasteiger partial charge in [0.2, 0.25) is 5.91 Å². The lowest BCUT2D eigenvalue weighted by Gasteiger charge is -2.29. The molecule has 3 amide bonds. The molecule has 31 heavy (non-hydrogen) atoms. The molecule has 2 aliphatic rings. The van der Waals surface area contributed by atoms with Crippen LogP contribution in [0.1, 0.15) is 37.3 Å². The molecule has 2 aromatic carbocycles. The van der Waals surface area contributed by atoms with Crippen LogP contribution in [0.3, 0.4) is 0 Å². The maximum Gasteiger partial charge on any atom is 0.282 e. The van der Waals surface area contributed by atoms with Crippen LogP contribution in [0.4, 0.5) is 11.4 Å². The van der Waals surface area contributed by atoms with Crippen molar-refractivity contribution in [3.63, 3.8) is 0 Å². The number of likely N-dealkylation sites (tertiary alicyclic amines) is 1. The molecule has 0 aromatic heterocycles. The number of halogens is 1. The zero-order chi connectivity index (χ0) is 22.1. The number of carbonyl (C=O) groups excluding carboxylic acids is 3. The number of nitrogens with one attached hydrogen (secondary N) is 1. The van der Waals surface area contributed by atoms with E-state index in [1.54, 1.807) is 42.5 Å². The van der Waals surface area contributed by atoms with E-state index in [4.69, 9.17) is 11.6 Å². The van der Waals surface area contributed by atoms with Gasteiger partial charge in [0.1, 0.15) is 5.70 Å². The predicted octanol–water partition coefficient (Wildman–Crippen LogP) is 4.38. The van der Waals surface area contributed by atoms with Gasteiger partial charge in [-0.3, -0.25) is 14.4 Å². The SMILES string of the molecule is CC(=O)Nc1ccc(C2=C(N3CCCCC3)C(=O)N(c3ccc(Cl)cc3C)C2=O)cc1. The van der Waals surface area contributed by atoms with E-state index in [1.165, 1.54) is 11.8 Å². The molecule has 0 saturated carbocycles. The third-order valence-electron chi connectivity index (χ3n) is 5.63. The van der Waals surface area contributed by atoms with Crippen LogP contribution in [0.25, 0.3) is 5.57 Å². The number of hydrogen-bond donors (Lipinski definition) is 1. The van der Waals surface area contributed by atoms with Gasteiger partial charge in [-0.05, 0) is 67.6 Å². The highest BCUT2D eigenvalue weighted by molar-refractivity contribution is 6.45. The smallest absolute Gasteiger partial charge is 0.282 e. The molecule has 1 fully saturated rings. The number of piperidine rings is 1. The molecule has 160 valence electrons. The minimum absolute atomic E-state index is 0.169. The maximum atomic E-state index is 13.6. The second-order valence-electron chi connectivity index (χ2n) is 7.91. The summed E-state index contributed by atoms with van der Waals surface area (Å²) in [6.07, 6.45) is 3.09. The Morgan fingerprint density at radius 1 is 0.968 bits per heavy atom. The Morgan fingerprint density at radius 2 is 1.65 bits per heavy atom. The van der Waals surface area contributed by atoms with Gasteiger partial charge in [0.05, 0.1) is 11.3 Å². The van der Waals surface area contributed by atoms with Crippen molar-refractivity contribution >= 4 is 46.3 Å². The van der Waals surface area contributed by atoms with Gasteiger partial charge in [0, 0.05) is 30.7 Å². The summed E-state index contributed by atoms with van der Waals surface area (Å²) in [4.78, 5) is 41.8. The van der Waals surface area contributed by atoms with Crippen molar-refractivity contribution < 1.29 is 14.4 Å². The Morgan fingerprint density at radius 3 is 2.26 bits per heavy atom. The Balaban J connectivity index is 1.79. The third kappa shape index (κ3) is 4.08. The first-order valence-electron chi connectivity index (χ1n) is 10.4. The van der Waals surface area contributed by atoms with Gasteiger partial charge in [-0.15, -0.1) is 0 Å². The van der Waals surface area contributed by atoms with E-state index in [0.29, 0.717) is 33.2 Å². The number of benzene rings is 2. The summed E-state index contributed by atoms with van der Waals surface area (Å²) < 4.78 is 0. The van der Waals surface area contributed by atoms with Gasteiger partial charge in [-0.2, -0.15) is 0 Å². The van der Waals surface area contributed by atoms with Crippen molar-refractivity contribution in [1.82, 2.24) is 4.90 Å². The number of rotatable bonds is 4. The number of amides is 3. The zero-order valence-electron chi connectivity index (χ0n) is 17.6. The lowest BCUT2D eigenvalue weighted by atomic mass is 10.0. The summed E-state index contributed by atoms with van der Waals surface area (Å²) in [6.45, 7) is 4.77. The number of carbonyl (C=O) groups is 3. The fourth-order valence-electron chi connectivity index (χ4n) is 4.20. The molecular formula is C24H24ClN3O3. The van der Waals surface area contributed by atoms with Gasteiger partial charge < -0.3 is 10.2 Å². The minimum Gasteiger partial charge on any atom is -0.366 e. The molecule has 1 saturated heterocycles. The van der Waals surface area contributed by atoms with Crippen molar-refractivity contribution in [2.24, 2.45) is 0 Å². The Hall–Kier alpha value is -3.12. The van der Waals surface area contributed by atoms with E-state index in [0.717, 1.165) is 37.9 Å². The van der Waals surface area contributed by atoms with Gasteiger partial charge in [0.25, 0.3) is 11.8 Å². The molecule has 1 N–H and O–H groups in total. The quantitative estimate of drug-likeness (QED) is 0.721. The Kier molecular flexibility index (Phi) is 5.83. The van der Waals surface area contributed by atoms with Crippen molar-refractivity contribution in [3.05, 3.63) is 64.3 Å². The number of nitrogens with zero attached hydrogens (tertiary/aromatic N) is 2. The van der Waals surface area contributed by atoms with Crippen LogP contribution < -0.4 is 10.2 Å². The summed E-state index contributed by atoms with van der Waals surface area (Å²) in [6, 6.07) is 12.2. The van der Waals surface area contributed by atoms with E-state index in [9.17, 15) is 14.4 Å². The first-order chi connectivity index (χ1) is 14.9. The highest BCUT2D eigenvalue weighted by atomic mass is 35.5. The second kappa shape index (κ2) is 8.55. The highest BCUT2D eigenvalue weighted by Crippen LogP contribution is 2.37. The van der Waals surface area contributed by atoms with Gasteiger partial charge in [-0.1, -0.05) is 23.7 Å². The summed E-state index contributed by atoms with van der Waals surface area (Å²) in [7, 11) is 0. The molecule has 0 bridgehead atoms. The fourth-order valence-corrected chi connectivity index (χ4v) is 4.43. The zero-order valence-corrected chi connectivity index (χ0v) is 18.3. The normalized spacial score (nSPS) is 16.9. The standard InChI is InChI=1S/C24H24ClN3O3/c1-15-14-18(25)8-11-20(15)28-23(30)21(17-6-9-19(10-7-17)26-16(2)29)22(24(28)31)27-12-4-3-5-13-27/h6-11,14H,3-5,12-13H2,1-2H3,(H,26,29). The van der Waals surface area contributed by atoms with E-state index in [2.05, 4.69) is 5.32 Å². The molecule has 0 unspecified atom stereocenters. The largest absolute Gasteiger partial charge is 0.366 e. The van der Waals surface area contributed by atoms with Crippen LogP contribution in [0.2, 0.25) is 5.02 Å². The molecule has 0 aliphatic carbocycles. The molecule has 7 heteroatoms. The van der Waals surface area contributed by atoms with Crippen LogP contribution >= 0.6 is 11.6 Å². The van der Waals surface area contributed by atoms with Crippen molar-refractivity contribution in [2.75, 3.05) is 23.3 Å². The summed E-state index contributed by atoms with van der Waals surface area (Å²) >= 11 is 6.09. The van der Waals surface area contributed by atoms with Crippen LogP contribution in [-0.2, 0) is 14.4 Å². The van der Waals surface area contributed by atoms with Crippen LogP contribution in [0, 0.1) is 6.92 Å². The molecule has 6 nitrogen and oxygen atoms in total. The fraction of sp³-hybridized carbons (Fsp3) is 0.292. The lowest BCUT2D eigenvalue weighted by Crippen LogP contribution is -2.37. The molecule has 2 aromatic rings. The Bertz CT molecular complexity index is 1090. The van der Waals surface area contributed by atoms with E-state index < -0.39 is 0 Å². The van der Waals surface area contributed by atoms with Gasteiger partial charge >= 0.3 is 0 Å². The van der Waals surface area contributed by atoms with E-state index >= 15 is 0 Å². The summed E-state index contributed by atoms with van der Waals surface area (Å²) in [5, 5.41) is 3.28. The first kappa shape index (κ1) is 21.1. The van der Waals surface area contributed by atoms with Crippen LogP contribution in [0.15, 0.2) is 48.2 Å². The first-order valence-corrected chi connectivity index (χ1v) is 10.8. The molecule has 0 spiro atoms. The highest BCUT2D eigenvalue weighted by Gasteiger charge is 2.43. The number of hydrogen-bond acceptors (Lipinski definition) is 4. The van der Waals surface area contributed by atoms with Crippen molar-refractivity contribution in [3.8, 4) is 0 Å². The van der Waals surface area contributed by atoms with Crippen molar-refractivity contribution in [2.45, 2.75) is 33.1 Å². The number of aryl methyl sites for hydroxylation is 1. The van der Waals surface area contributed by atoms with E-state index in [1.807, 2.05) is 11.8 Å². The number of imide groups is 1. The minimum atomic E-state index is -0.344. The van der Waals surface area contributed by atoms with Gasteiger partial charge in [0.15, 0.2) is 0 Å². The summed E-state index contributed by atoms with van der Waals surface area (Å²) in [5.74, 6) is -0.820. The molecule has 2 heterocycles. The maximum absolute atomic E-state index is 13.6. The molecule has 2 aliphatic heterocycles. The van der Waals surface area contributed by atoms with E-state index in [-0.39, 0.29) is 17.7 Å². The molecular weight excluding hydrogens is 414 g/mol. The molecule has 0 atom stereocenters. The average Bonchev–Trinajstić information content (AvgIpc) is 2.99. The van der Waals surface area contributed by atoms with Crippen LogP contribution in [0.5, 0.6) is 0 Å². The molecule has 4 rings (SSSR count). The predicted molar refractivity (Wildman–Crippen MR) is 122 cm³/mol. The van der Waals surface area contributed by atoms with Crippen LogP contribution in [-0.4, -0.2) is 35.7 Å². The van der Waals surface area contributed by atoms with Crippen molar-refractivity contribution in [1.29, 1.82) is 0 Å². The van der Waals surface area contributed by atoms with Gasteiger partial charge in [-0.25, -0.2) is 4.90 Å². The average molecular weight is 438 g/mol. The number of anilines is 2. The summed E-state index contributed by atoms with van der Waals surface area (Å²) in [5.41, 5.74) is 3.44. The monoisotopic (exact) mass is 437 g/mol.